The van der Waals surface area contributed by atoms with Crippen molar-refractivity contribution in [3.05, 3.63) is 54.7 Å². The third kappa shape index (κ3) is 2.30. The number of likely N-dealkylation sites (N-methyl/N-ethyl adjacent to an activating group) is 1. The average Bonchev–Trinajstić information content (AvgIpc) is 2.60. The molecular weight excluding hydrogens is 284 g/mol. The van der Waals surface area contributed by atoms with Gasteiger partial charge >= 0.3 is 0 Å². The summed E-state index contributed by atoms with van der Waals surface area (Å²) in [6.45, 7) is 6.30. The second kappa shape index (κ2) is 5.43. The topological polar surface area (TPSA) is 33.1 Å². The maximum absolute atomic E-state index is 11.2. The molecule has 3 fully saturated rings. The molecule has 0 saturated carbocycles. The molecule has 4 heterocycles. The molecule has 3 saturated heterocycles. The van der Waals surface area contributed by atoms with Crippen LogP contribution in [0.4, 0.5) is 0 Å². The molecule has 0 radical (unpaired) electrons. The summed E-state index contributed by atoms with van der Waals surface area (Å²) in [5.41, 5.74) is 1.99. The molecule has 23 heavy (non-hydrogen) atoms. The van der Waals surface area contributed by atoms with Gasteiger partial charge < -0.3 is 9.59 Å². The third-order valence-corrected chi connectivity index (χ3v) is 6.26. The predicted molar refractivity (Wildman–Crippen MR) is 92.8 cm³/mol. The Morgan fingerprint density at radius 2 is 2.17 bits per heavy atom. The number of quaternary nitrogens is 1. The third-order valence-electron chi connectivity index (χ3n) is 6.26. The fraction of sp³-hybridized carbons (Fsp3) is 0.450. The minimum Gasteiger partial charge on any atom is -0.382 e. The molecule has 5 atom stereocenters. The van der Waals surface area contributed by atoms with E-state index in [-0.39, 0.29) is 6.04 Å². The van der Waals surface area contributed by atoms with Gasteiger partial charge in [-0.1, -0.05) is 24.3 Å². The van der Waals surface area contributed by atoms with Gasteiger partial charge in [-0.3, -0.25) is 4.98 Å². The summed E-state index contributed by atoms with van der Waals surface area (Å²) in [4.78, 5) is 4.43. The van der Waals surface area contributed by atoms with Gasteiger partial charge in [-0.2, -0.15) is 0 Å². The number of aliphatic hydroxyl groups excluding tert-OH is 1. The molecule has 3 aliphatic rings. The summed E-state index contributed by atoms with van der Waals surface area (Å²) >= 11 is 0. The minimum atomic E-state index is -0.429. The van der Waals surface area contributed by atoms with Gasteiger partial charge in [0.15, 0.2) is 0 Å². The SMILES string of the molecule is C=C[C@H]1C[N@+]2(C)CC[C@H]1C[C@H]2[C@H](O)c1ccnc2ccccc12. The minimum absolute atomic E-state index is 0.274. The number of aromatic nitrogens is 1. The van der Waals surface area contributed by atoms with Gasteiger partial charge in [0.1, 0.15) is 12.1 Å². The number of nitrogens with zero attached hydrogens (tertiary/aromatic N) is 2. The number of hydrogen-bond donors (Lipinski definition) is 1. The first-order chi connectivity index (χ1) is 11.1. The quantitative estimate of drug-likeness (QED) is 0.697. The molecule has 3 heteroatoms. The number of para-hydroxylation sites is 1. The lowest BCUT2D eigenvalue weighted by atomic mass is 9.72. The highest BCUT2D eigenvalue weighted by Crippen LogP contribution is 2.45. The highest BCUT2D eigenvalue weighted by molar-refractivity contribution is 5.82. The normalized spacial score (nSPS) is 34.4. The van der Waals surface area contributed by atoms with Gasteiger partial charge in [-0.15, -0.1) is 6.58 Å². The van der Waals surface area contributed by atoms with Crippen molar-refractivity contribution < 1.29 is 9.59 Å². The van der Waals surface area contributed by atoms with E-state index in [2.05, 4.69) is 30.8 Å². The number of hydrogen-bond acceptors (Lipinski definition) is 2. The lowest BCUT2D eigenvalue weighted by Gasteiger charge is -2.56. The van der Waals surface area contributed by atoms with Crippen molar-refractivity contribution in [1.29, 1.82) is 0 Å². The molecule has 5 rings (SSSR count). The van der Waals surface area contributed by atoms with E-state index in [0.29, 0.717) is 11.8 Å². The molecule has 3 nitrogen and oxygen atoms in total. The lowest BCUT2D eigenvalue weighted by Crippen LogP contribution is -2.66. The van der Waals surface area contributed by atoms with Gasteiger partial charge in [-0.25, -0.2) is 0 Å². The number of rotatable bonds is 3. The summed E-state index contributed by atoms with van der Waals surface area (Å²) in [6.07, 6.45) is 5.87. The molecule has 1 N–H and O–H groups in total. The zero-order valence-corrected chi connectivity index (χ0v) is 13.7. The molecule has 0 aliphatic carbocycles. The lowest BCUT2D eigenvalue weighted by molar-refractivity contribution is -0.956. The van der Waals surface area contributed by atoms with Crippen LogP contribution in [-0.2, 0) is 0 Å². The van der Waals surface area contributed by atoms with Crippen molar-refractivity contribution in [1.82, 2.24) is 4.98 Å². The fourth-order valence-corrected chi connectivity index (χ4v) is 4.88. The Morgan fingerprint density at radius 1 is 1.35 bits per heavy atom. The number of aliphatic hydroxyl groups is 1. The van der Waals surface area contributed by atoms with E-state index in [9.17, 15) is 5.11 Å². The zero-order valence-electron chi connectivity index (χ0n) is 13.7. The van der Waals surface area contributed by atoms with Crippen molar-refractivity contribution in [3.8, 4) is 0 Å². The fourth-order valence-electron chi connectivity index (χ4n) is 4.88. The highest BCUT2D eigenvalue weighted by atomic mass is 16.3. The van der Waals surface area contributed by atoms with E-state index in [0.717, 1.165) is 33.9 Å². The Kier molecular flexibility index (Phi) is 3.51. The molecule has 2 aromatic rings. The summed E-state index contributed by atoms with van der Waals surface area (Å²) in [7, 11) is 2.31. The Labute approximate surface area is 137 Å². The molecular formula is C20H25N2O+. The van der Waals surface area contributed by atoms with Crippen LogP contribution in [0.25, 0.3) is 10.9 Å². The summed E-state index contributed by atoms with van der Waals surface area (Å²) in [6, 6.07) is 10.4. The van der Waals surface area contributed by atoms with Gasteiger partial charge in [0, 0.05) is 30.3 Å². The van der Waals surface area contributed by atoms with Crippen molar-refractivity contribution in [2.24, 2.45) is 11.8 Å². The standard InChI is InChI=1S/C20H25N2O/c1-3-14-13-22(2)11-9-15(14)12-19(22)20(23)17-8-10-21-18-7-5-4-6-16(17)18/h3-8,10,14-15,19-20,23H,1,9,11-13H2,2H3/q+1/t14-,15-,19-,20+,22-/m0/s1. The van der Waals surface area contributed by atoms with Crippen LogP contribution in [0.1, 0.15) is 24.5 Å². The van der Waals surface area contributed by atoms with Crippen LogP contribution in [-0.4, -0.2) is 40.8 Å². The van der Waals surface area contributed by atoms with E-state index in [1.165, 1.54) is 13.0 Å². The first-order valence-electron chi connectivity index (χ1n) is 8.61. The first kappa shape index (κ1) is 14.9. The molecule has 1 aromatic heterocycles. The first-order valence-corrected chi connectivity index (χ1v) is 8.61. The summed E-state index contributed by atoms with van der Waals surface area (Å²) < 4.78 is 0.963. The van der Waals surface area contributed by atoms with Gasteiger partial charge in [-0.05, 0) is 23.6 Å². The molecule has 3 aliphatic heterocycles. The van der Waals surface area contributed by atoms with Crippen LogP contribution in [0.2, 0.25) is 0 Å². The Morgan fingerprint density at radius 3 is 2.96 bits per heavy atom. The number of benzene rings is 1. The maximum Gasteiger partial charge on any atom is 0.131 e. The molecule has 1 aromatic carbocycles. The number of fused-ring (bicyclic) bond motifs is 4. The van der Waals surface area contributed by atoms with Crippen molar-refractivity contribution in [2.45, 2.75) is 25.0 Å². The van der Waals surface area contributed by atoms with Gasteiger partial charge in [0.2, 0.25) is 0 Å². The average molecular weight is 309 g/mol. The van der Waals surface area contributed by atoms with E-state index in [1.54, 1.807) is 0 Å². The molecule has 0 amide bonds. The number of piperidine rings is 3. The van der Waals surface area contributed by atoms with E-state index in [1.807, 2.05) is 30.5 Å². The van der Waals surface area contributed by atoms with E-state index in [4.69, 9.17) is 0 Å². The van der Waals surface area contributed by atoms with Crippen LogP contribution < -0.4 is 0 Å². The zero-order chi connectivity index (χ0) is 16.0. The van der Waals surface area contributed by atoms with Gasteiger partial charge in [0.25, 0.3) is 0 Å². The Bertz CT molecular complexity index is 738. The van der Waals surface area contributed by atoms with Crippen LogP contribution in [0.15, 0.2) is 49.2 Å². The van der Waals surface area contributed by atoms with Crippen molar-refractivity contribution >= 4 is 10.9 Å². The van der Waals surface area contributed by atoms with Gasteiger partial charge in [0.05, 0.1) is 25.7 Å². The molecule has 0 spiro atoms. The van der Waals surface area contributed by atoms with Crippen LogP contribution in [0.3, 0.4) is 0 Å². The van der Waals surface area contributed by atoms with Crippen molar-refractivity contribution in [2.75, 3.05) is 20.1 Å². The summed E-state index contributed by atoms with van der Waals surface area (Å²) in [5, 5.41) is 12.3. The van der Waals surface area contributed by atoms with E-state index < -0.39 is 6.10 Å². The molecule has 0 unspecified atom stereocenters. The van der Waals surface area contributed by atoms with Crippen LogP contribution in [0.5, 0.6) is 0 Å². The predicted octanol–water partition coefficient (Wildman–Crippen LogP) is 3.31. The largest absolute Gasteiger partial charge is 0.382 e. The smallest absolute Gasteiger partial charge is 0.131 e. The van der Waals surface area contributed by atoms with Crippen LogP contribution >= 0.6 is 0 Å². The number of pyridine rings is 1. The second-order valence-corrected chi connectivity index (χ2v) is 7.50. The Balaban J connectivity index is 1.72. The monoisotopic (exact) mass is 309 g/mol. The Hall–Kier alpha value is -1.71. The van der Waals surface area contributed by atoms with Crippen molar-refractivity contribution in [3.63, 3.8) is 0 Å². The van der Waals surface area contributed by atoms with Crippen LogP contribution in [0, 0.1) is 11.8 Å². The molecule has 2 bridgehead atoms. The maximum atomic E-state index is 11.2. The van der Waals surface area contributed by atoms with E-state index >= 15 is 0 Å². The molecule has 120 valence electrons. The highest BCUT2D eigenvalue weighted by Gasteiger charge is 2.51. The summed E-state index contributed by atoms with van der Waals surface area (Å²) in [5.74, 6) is 1.28. The second-order valence-electron chi connectivity index (χ2n) is 7.50.